The minimum absolute atomic E-state index is 0.225. The molecule has 0 amide bonds. The maximum atomic E-state index is 14.4. The van der Waals surface area contributed by atoms with Gasteiger partial charge in [0.05, 0.1) is 5.69 Å². The molecular weight excluding hydrogens is 317 g/mol. The van der Waals surface area contributed by atoms with E-state index in [4.69, 9.17) is 4.74 Å². The summed E-state index contributed by atoms with van der Waals surface area (Å²) in [5.74, 6) is 0.640. The van der Waals surface area contributed by atoms with Gasteiger partial charge >= 0.3 is 0 Å². The lowest BCUT2D eigenvalue weighted by Gasteiger charge is -2.33. The summed E-state index contributed by atoms with van der Waals surface area (Å²) >= 11 is 0. The predicted molar refractivity (Wildman–Crippen MR) is 101 cm³/mol. The van der Waals surface area contributed by atoms with Gasteiger partial charge in [-0.3, -0.25) is 0 Å². The number of aliphatic hydroxyl groups is 1. The Labute approximate surface area is 150 Å². The van der Waals surface area contributed by atoms with Crippen molar-refractivity contribution in [2.45, 2.75) is 33.3 Å². The van der Waals surface area contributed by atoms with Gasteiger partial charge < -0.3 is 14.7 Å². The van der Waals surface area contributed by atoms with Crippen molar-refractivity contribution in [3.8, 4) is 5.75 Å². The Morgan fingerprint density at radius 1 is 1.08 bits per heavy atom. The number of benzene rings is 2. The lowest BCUT2D eigenvalue weighted by atomic mass is 9.97. The van der Waals surface area contributed by atoms with Crippen LogP contribution in [0.3, 0.4) is 0 Å². The van der Waals surface area contributed by atoms with E-state index in [0.29, 0.717) is 24.0 Å². The molecule has 0 saturated carbocycles. The van der Waals surface area contributed by atoms with Crippen LogP contribution in [0.2, 0.25) is 0 Å². The lowest BCUT2D eigenvalue weighted by Crippen LogP contribution is -2.35. The number of anilines is 1. The number of nitrogens with zero attached hydrogens (tertiary/aromatic N) is 1. The second-order valence-electron chi connectivity index (χ2n) is 6.00. The van der Waals surface area contributed by atoms with E-state index in [1.807, 2.05) is 55.1 Å². The van der Waals surface area contributed by atoms with E-state index in [9.17, 15) is 9.50 Å². The van der Waals surface area contributed by atoms with Crippen molar-refractivity contribution >= 4 is 5.69 Å². The van der Waals surface area contributed by atoms with E-state index in [1.165, 1.54) is 6.07 Å². The highest BCUT2D eigenvalue weighted by molar-refractivity contribution is 5.51. The van der Waals surface area contributed by atoms with E-state index in [0.717, 1.165) is 31.5 Å². The van der Waals surface area contributed by atoms with Gasteiger partial charge in [0.15, 0.2) is 0 Å². The van der Waals surface area contributed by atoms with Gasteiger partial charge in [-0.2, -0.15) is 0 Å². The minimum Gasteiger partial charge on any atom is -0.489 e. The third-order valence-electron chi connectivity index (χ3n) is 4.38. The van der Waals surface area contributed by atoms with Crippen molar-refractivity contribution in [1.82, 2.24) is 0 Å². The third-order valence-corrected chi connectivity index (χ3v) is 4.38. The zero-order valence-corrected chi connectivity index (χ0v) is 15.1. The summed E-state index contributed by atoms with van der Waals surface area (Å²) in [6, 6.07) is 14.9. The van der Waals surface area contributed by atoms with Crippen LogP contribution in [0.15, 0.2) is 48.5 Å². The molecule has 1 saturated heterocycles. The minimum atomic E-state index is -0.252. The summed E-state index contributed by atoms with van der Waals surface area (Å²) in [5, 5.41) is 9.18. The fourth-order valence-electron chi connectivity index (χ4n) is 2.93. The number of hydrogen-bond donors (Lipinski definition) is 1. The summed E-state index contributed by atoms with van der Waals surface area (Å²) in [6.07, 6.45) is 1.81. The topological polar surface area (TPSA) is 32.7 Å². The number of aliphatic hydroxyl groups excluding tert-OH is 1. The zero-order valence-electron chi connectivity index (χ0n) is 15.1. The fourth-order valence-corrected chi connectivity index (χ4v) is 2.93. The molecule has 2 aromatic rings. The molecule has 0 aliphatic carbocycles. The highest BCUT2D eigenvalue weighted by Crippen LogP contribution is 2.28. The Kier molecular flexibility index (Phi) is 7.74. The van der Waals surface area contributed by atoms with Crippen molar-refractivity contribution in [2.24, 2.45) is 5.92 Å². The molecule has 0 spiro atoms. The molecule has 0 radical (unpaired) electrons. The number of rotatable bonds is 5. The number of halogens is 1. The van der Waals surface area contributed by atoms with Crippen LogP contribution in [0.25, 0.3) is 0 Å². The van der Waals surface area contributed by atoms with Crippen LogP contribution in [-0.4, -0.2) is 24.8 Å². The Morgan fingerprint density at radius 3 is 2.36 bits per heavy atom. The average molecular weight is 345 g/mol. The molecule has 1 N–H and O–H groups in total. The number of piperidine rings is 1. The van der Waals surface area contributed by atoms with Crippen LogP contribution >= 0.6 is 0 Å². The van der Waals surface area contributed by atoms with Crippen molar-refractivity contribution in [1.29, 1.82) is 0 Å². The molecule has 1 aliphatic heterocycles. The van der Waals surface area contributed by atoms with Crippen LogP contribution in [0.1, 0.15) is 32.3 Å². The van der Waals surface area contributed by atoms with Crippen LogP contribution in [0.4, 0.5) is 10.1 Å². The Hall–Kier alpha value is -2.07. The Balaban J connectivity index is 0.00000109. The van der Waals surface area contributed by atoms with Gasteiger partial charge in [0.25, 0.3) is 0 Å². The molecule has 0 unspecified atom stereocenters. The molecule has 1 aliphatic rings. The molecule has 1 fully saturated rings. The average Bonchev–Trinajstić information content (AvgIpc) is 2.69. The molecule has 4 heteroatoms. The Morgan fingerprint density at radius 2 is 1.76 bits per heavy atom. The first-order valence-electron chi connectivity index (χ1n) is 9.08. The van der Waals surface area contributed by atoms with Crippen LogP contribution in [-0.2, 0) is 6.61 Å². The summed E-state index contributed by atoms with van der Waals surface area (Å²) in [6.45, 7) is 6.23. The largest absolute Gasteiger partial charge is 0.489 e. The van der Waals surface area contributed by atoms with Crippen LogP contribution in [0, 0.1) is 11.7 Å². The predicted octanol–water partition coefficient (Wildman–Crippen LogP) is 4.64. The first kappa shape index (κ1) is 19.3. The molecule has 3 rings (SSSR count). The highest BCUT2D eigenvalue weighted by Gasteiger charge is 2.20. The van der Waals surface area contributed by atoms with Gasteiger partial charge in [-0.1, -0.05) is 44.2 Å². The molecule has 2 aromatic carbocycles. The zero-order chi connectivity index (χ0) is 18.1. The van der Waals surface area contributed by atoms with Crippen LogP contribution < -0.4 is 9.64 Å². The third kappa shape index (κ3) is 5.46. The van der Waals surface area contributed by atoms with E-state index in [1.54, 1.807) is 6.07 Å². The highest BCUT2D eigenvalue weighted by atomic mass is 19.1. The Bertz CT molecular complexity index is 625. The van der Waals surface area contributed by atoms with Crippen molar-refractivity contribution in [3.63, 3.8) is 0 Å². The lowest BCUT2D eigenvalue weighted by molar-refractivity contribution is 0.203. The van der Waals surface area contributed by atoms with Gasteiger partial charge in [-0.15, -0.1) is 0 Å². The fraction of sp³-hybridized carbons (Fsp3) is 0.429. The quantitative estimate of drug-likeness (QED) is 0.857. The van der Waals surface area contributed by atoms with E-state index >= 15 is 0 Å². The monoisotopic (exact) mass is 345 g/mol. The maximum absolute atomic E-state index is 14.4. The van der Waals surface area contributed by atoms with Gasteiger partial charge in [-0.25, -0.2) is 4.39 Å². The second-order valence-corrected chi connectivity index (χ2v) is 6.00. The normalized spacial score (nSPS) is 14.6. The number of ether oxygens (including phenoxy) is 1. The molecule has 3 nitrogen and oxygen atoms in total. The van der Waals surface area contributed by atoms with Gasteiger partial charge in [0.1, 0.15) is 18.2 Å². The molecule has 136 valence electrons. The first-order valence-corrected chi connectivity index (χ1v) is 9.08. The molecule has 0 bridgehead atoms. The van der Waals surface area contributed by atoms with E-state index in [2.05, 4.69) is 0 Å². The van der Waals surface area contributed by atoms with Crippen molar-refractivity contribution in [2.75, 3.05) is 24.6 Å². The smallest absolute Gasteiger partial charge is 0.150 e. The molecule has 0 aromatic heterocycles. The molecule has 1 heterocycles. The van der Waals surface area contributed by atoms with Gasteiger partial charge in [0, 0.05) is 25.8 Å². The molecule has 25 heavy (non-hydrogen) atoms. The number of hydrogen-bond acceptors (Lipinski definition) is 3. The summed E-state index contributed by atoms with van der Waals surface area (Å²) in [4.78, 5) is 2.04. The standard InChI is InChI=1S/C19H22FNO2.C2H6/c20-18-12-17(23-14-16-4-2-1-3-5-16)6-7-19(18)21-10-8-15(13-22)9-11-21;1-2/h1-7,12,15,22H,8-11,13-14H2;1-2H3. The van der Waals surface area contributed by atoms with Crippen molar-refractivity contribution in [3.05, 3.63) is 59.9 Å². The molecular formula is C21H28FNO2. The summed E-state index contributed by atoms with van der Waals surface area (Å²) in [7, 11) is 0. The molecule has 0 atom stereocenters. The van der Waals surface area contributed by atoms with Crippen LogP contribution in [0.5, 0.6) is 5.75 Å². The van der Waals surface area contributed by atoms with Gasteiger partial charge in [-0.05, 0) is 36.5 Å². The van der Waals surface area contributed by atoms with Gasteiger partial charge in [0.2, 0.25) is 0 Å². The van der Waals surface area contributed by atoms with E-state index < -0.39 is 0 Å². The summed E-state index contributed by atoms with van der Waals surface area (Å²) in [5.41, 5.74) is 1.68. The first-order chi connectivity index (χ1) is 12.3. The van der Waals surface area contributed by atoms with Crippen molar-refractivity contribution < 1.29 is 14.2 Å². The summed E-state index contributed by atoms with van der Waals surface area (Å²) < 4.78 is 20.0. The van der Waals surface area contributed by atoms with E-state index in [-0.39, 0.29) is 12.4 Å². The second kappa shape index (κ2) is 10.0. The SMILES string of the molecule is CC.OCC1CCN(c2ccc(OCc3ccccc3)cc2F)CC1. The maximum Gasteiger partial charge on any atom is 0.150 e.